The van der Waals surface area contributed by atoms with E-state index in [1.54, 1.807) is 17.5 Å². The van der Waals surface area contributed by atoms with Gasteiger partial charge in [0.2, 0.25) is 5.91 Å². The summed E-state index contributed by atoms with van der Waals surface area (Å²) in [6.07, 6.45) is 4.83. The first-order valence-corrected chi connectivity index (χ1v) is 11.7. The molecular formula is C22H21N5OS2. The predicted molar refractivity (Wildman–Crippen MR) is 121 cm³/mol. The largest absolute Gasteiger partial charge is 0.324 e. The molecule has 1 atom stereocenters. The zero-order valence-corrected chi connectivity index (χ0v) is 18.1. The molecule has 1 aliphatic carbocycles. The van der Waals surface area contributed by atoms with E-state index >= 15 is 0 Å². The normalized spacial score (nSPS) is 14.7. The molecule has 1 aliphatic rings. The number of hydrogen-bond donors (Lipinski definition) is 1. The number of nitrogens with zero attached hydrogens (tertiary/aromatic N) is 4. The van der Waals surface area contributed by atoms with E-state index in [-0.39, 0.29) is 11.2 Å². The zero-order valence-electron chi connectivity index (χ0n) is 16.5. The van der Waals surface area contributed by atoms with Crippen molar-refractivity contribution in [1.82, 2.24) is 19.7 Å². The maximum Gasteiger partial charge on any atom is 0.237 e. The quantitative estimate of drug-likeness (QED) is 0.417. The molecule has 0 saturated heterocycles. The van der Waals surface area contributed by atoms with Crippen LogP contribution in [0.25, 0.3) is 10.9 Å². The molecule has 0 bridgehead atoms. The Morgan fingerprint density at radius 3 is 2.93 bits per heavy atom. The number of thioether (sulfide) groups is 1. The molecule has 3 aromatic heterocycles. The summed E-state index contributed by atoms with van der Waals surface area (Å²) in [5.74, 6) is 0.927. The van der Waals surface area contributed by atoms with Crippen molar-refractivity contribution in [2.24, 2.45) is 0 Å². The van der Waals surface area contributed by atoms with Crippen LogP contribution in [0.4, 0.5) is 5.69 Å². The standard InChI is InChI=1S/C22H21N5OS2/c1-14(21(28)24-19-8-2-7-18-17(19)6-3-11-23-18)30-22-26-25-20(27(22)15-9-10-15)13-16-5-4-12-29-16/h2-8,11-12,14-15H,9-10,13H2,1H3,(H,24,28). The highest BCUT2D eigenvalue weighted by molar-refractivity contribution is 8.00. The van der Waals surface area contributed by atoms with Crippen LogP contribution in [0, 0.1) is 0 Å². The third kappa shape index (κ3) is 3.97. The third-order valence-corrected chi connectivity index (χ3v) is 7.05. The summed E-state index contributed by atoms with van der Waals surface area (Å²) >= 11 is 3.20. The number of rotatable bonds is 7. The summed E-state index contributed by atoms with van der Waals surface area (Å²) in [6.45, 7) is 1.91. The Bertz CT molecular complexity index is 1180. The van der Waals surface area contributed by atoms with Gasteiger partial charge in [0.15, 0.2) is 5.16 Å². The molecule has 152 valence electrons. The van der Waals surface area contributed by atoms with Gasteiger partial charge >= 0.3 is 0 Å². The lowest BCUT2D eigenvalue weighted by molar-refractivity contribution is -0.115. The molecule has 30 heavy (non-hydrogen) atoms. The Hall–Kier alpha value is -2.71. The second-order valence-corrected chi connectivity index (χ2v) is 9.72. The van der Waals surface area contributed by atoms with Gasteiger partial charge in [0.1, 0.15) is 5.82 Å². The van der Waals surface area contributed by atoms with Crippen molar-refractivity contribution in [3.05, 3.63) is 64.7 Å². The molecule has 1 amide bonds. The maximum atomic E-state index is 12.9. The van der Waals surface area contributed by atoms with E-state index in [2.05, 4.69) is 42.6 Å². The molecule has 1 unspecified atom stereocenters. The van der Waals surface area contributed by atoms with Crippen LogP contribution in [-0.4, -0.2) is 30.9 Å². The number of benzene rings is 1. The average molecular weight is 436 g/mol. The highest BCUT2D eigenvalue weighted by Crippen LogP contribution is 2.40. The van der Waals surface area contributed by atoms with Crippen molar-refractivity contribution in [3.63, 3.8) is 0 Å². The van der Waals surface area contributed by atoms with E-state index in [9.17, 15) is 4.79 Å². The number of amides is 1. The summed E-state index contributed by atoms with van der Waals surface area (Å²) < 4.78 is 2.23. The monoisotopic (exact) mass is 435 g/mol. The number of carbonyl (C=O) groups excluding carboxylic acids is 1. The Labute approximate surface area is 182 Å². The molecule has 1 N–H and O–H groups in total. The number of carbonyl (C=O) groups is 1. The van der Waals surface area contributed by atoms with Crippen molar-refractivity contribution in [2.75, 3.05) is 5.32 Å². The number of nitrogens with one attached hydrogen (secondary N) is 1. The molecule has 1 saturated carbocycles. The van der Waals surface area contributed by atoms with E-state index in [4.69, 9.17) is 0 Å². The van der Waals surface area contributed by atoms with Crippen molar-refractivity contribution in [3.8, 4) is 0 Å². The van der Waals surface area contributed by atoms with Gasteiger partial charge in [0.25, 0.3) is 0 Å². The fourth-order valence-electron chi connectivity index (χ4n) is 3.44. The van der Waals surface area contributed by atoms with Crippen molar-refractivity contribution in [1.29, 1.82) is 0 Å². The molecule has 8 heteroatoms. The van der Waals surface area contributed by atoms with Gasteiger partial charge in [-0.1, -0.05) is 23.9 Å². The molecule has 0 radical (unpaired) electrons. The van der Waals surface area contributed by atoms with Crippen LogP contribution in [0.3, 0.4) is 0 Å². The van der Waals surface area contributed by atoms with Gasteiger partial charge < -0.3 is 9.88 Å². The first-order chi connectivity index (χ1) is 14.7. The molecule has 1 fully saturated rings. The minimum absolute atomic E-state index is 0.0542. The molecular weight excluding hydrogens is 414 g/mol. The van der Waals surface area contributed by atoms with E-state index < -0.39 is 0 Å². The Balaban J connectivity index is 1.33. The Morgan fingerprint density at radius 2 is 2.13 bits per heavy atom. The molecule has 3 heterocycles. The van der Waals surface area contributed by atoms with Gasteiger partial charge in [-0.3, -0.25) is 9.78 Å². The lowest BCUT2D eigenvalue weighted by Crippen LogP contribution is -2.23. The van der Waals surface area contributed by atoms with E-state index in [0.29, 0.717) is 6.04 Å². The van der Waals surface area contributed by atoms with Crippen LogP contribution in [0.5, 0.6) is 0 Å². The maximum absolute atomic E-state index is 12.9. The van der Waals surface area contributed by atoms with Crippen molar-refractivity contribution >= 4 is 45.6 Å². The van der Waals surface area contributed by atoms with E-state index in [0.717, 1.165) is 46.8 Å². The van der Waals surface area contributed by atoms with E-state index in [1.807, 2.05) is 37.3 Å². The van der Waals surface area contributed by atoms with Gasteiger partial charge in [-0.15, -0.1) is 21.5 Å². The molecule has 4 aromatic rings. The smallest absolute Gasteiger partial charge is 0.237 e. The molecule has 6 nitrogen and oxygen atoms in total. The number of anilines is 1. The molecule has 0 aliphatic heterocycles. The highest BCUT2D eigenvalue weighted by Gasteiger charge is 2.31. The van der Waals surface area contributed by atoms with Crippen LogP contribution in [0.15, 0.2) is 59.2 Å². The molecule has 0 spiro atoms. The lowest BCUT2D eigenvalue weighted by atomic mass is 10.2. The summed E-state index contributed by atoms with van der Waals surface area (Å²) in [5.41, 5.74) is 1.64. The van der Waals surface area contributed by atoms with Gasteiger partial charge in [0.05, 0.1) is 16.5 Å². The molecule has 5 rings (SSSR count). The van der Waals surface area contributed by atoms with Gasteiger partial charge in [0, 0.05) is 28.9 Å². The van der Waals surface area contributed by atoms with Gasteiger partial charge in [-0.25, -0.2) is 0 Å². The van der Waals surface area contributed by atoms with Crippen LogP contribution in [-0.2, 0) is 11.2 Å². The predicted octanol–water partition coefficient (Wildman–Crippen LogP) is 4.93. The summed E-state index contributed by atoms with van der Waals surface area (Å²) in [4.78, 5) is 18.5. The zero-order chi connectivity index (χ0) is 20.5. The fraction of sp³-hybridized carbons (Fsp3) is 0.273. The first-order valence-electron chi connectivity index (χ1n) is 9.96. The topological polar surface area (TPSA) is 72.7 Å². The fourth-order valence-corrected chi connectivity index (χ4v) is 5.07. The van der Waals surface area contributed by atoms with Gasteiger partial charge in [-0.2, -0.15) is 0 Å². The Morgan fingerprint density at radius 1 is 1.23 bits per heavy atom. The number of thiophene rings is 1. The minimum atomic E-state index is -0.298. The van der Waals surface area contributed by atoms with Crippen LogP contribution >= 0.6 is 23.1 Å². The average Bonchev–Trinajstić information content (AvgIpc) is 3.32. The Kier molecular flexibility index (Phi) is 5.26. The number of hydrogen-bond acceptors (Lipinski definition) is 6. The lowest BCUT2D eigenvalue weighted by Gasteiger charge is -2.14. The first kappa shape index (κ1) is 19.3. The summed E-state index contributed by atoms with van der Waals surface area (Å²) in [5, 5.41) is 15.5. The SMILES string of the molecule is CC(Sc1nnc(Cc2cccs2)n1C1CC1)C(=O)Nc1cccc2ncccc12. The van der Waals surface area contributed by atoms with E-state index in [1.165, 1.54) is 16.6 Å². The second kappa shape index (κ2) is 8.20. The van der Waals surface area contributed by atoms with Gasteiger partial charge in [-0.05, 0) is 55.5 Å². The van der Waals surface area contributed by atoms with Crippen LogP contribution < -0.4 is 5.32 Å². The number of fused-ring (bicyclic) bond motifs is 1. The highest BCUT2D eigenvalue weighted by atomic mass is 32.2. The third-order valence-electron chi connectivity index (χ3n) is 5.11. The minimum Gasteiger partial charge on any atom is -0.324 e. The molecule has 1 aromatic carbocycles. The summed E-state index contributed by atoms with van der Waals surface area (Å²) in [7, 11) is 0. The second-order valence-electron chi connectivity index (χ2n) is 7.38. The number of aromatic nitrogens is 4. The van der Waals surface area contributed by atoms with Crippen LogP contribution in [0.1, 0.15) is 36.5 Å². The van der Waals surface area contributed by atoms with Crippen molar-refractivity contribution in [2.45, 2.75) is 42.6 Å². The van der Waals surface area contributed by atoms with Crippen molar-refractivity contribution < 1.29 is 4.79 Å². The summed E-state index contributed by atoms with van der Waals surface area (Å²) in [6, 6.07) is 14.2. The number of pyridine rings is 1. The van der Waals surface area contributed by atoms with Crippen LogP contribution in [0.2, 0.25) is 0 Å².